The van der Waals surface area contributed by atoms with Gasteiger partial charge in [-0.2, -0.15) is 22.9 Å². The average Bonchev–Trinajstić information content (AvgIpc) is 2.72. The summed E-state index contributed by atoms with van der Waals surface area (Å²) in [5, 5.41) is 18.1. The van der Waals surface area contributed by atoms with Crippen molar-refractivity contribution < 1.29 is 18.3 Å². The van der Waals surface area contributed by atoms with E-state index >= 15 is 0 Å². The van der Waals surface area contributed by atoms with Gasteiger partial charge in [-0.05, 0) is 30.4 Å². The van der Waals surface area contributed by atoms with Gasteiger partial charge in [0.1, 0.15) is 5.75 Å². The molecule has 1 aromatic carbocycles. The van der Waals surface area contributed by atoms with E-state index in [1.165, 1.54) is 18.2 Å². The summed E-state index contributed by atoms with van der Waals surface area (Å²) < 4.78 is 38.7. The lowest BCUT2D eigenvalue weighted by atomic mass is 10.2. The quantitative estimate of drug-likeness (QED) is 0.632. The molecule has 0 bridgehead atoms. The number of nitrogens with one attached hydrogen (secondary N) is 1. The zero-order valence-corrected chi connectivity index (χ0v) is 11.9. The van der Waals surface area contributed by atoms with E-state index < -0.39 is 12.0 Å². The van der Waals surface area contributed by atoms with Crippen LogP contribution in [0.4, 0.5) is 13.2 Å². The summed E-state index contributed by atoms with van der Waals surface area (Å²) in [6.45, 7) is 0. The number of rotatable bonds is 2. The first kappa shape index (κ1) is 14.7. The Morgan fingerprint density at radius 2 is 2.15 bits per heavy atom. The van der Waals surface area contributed by atoms with Crippen molar-refractivity contribution in [1.82, 2.24) is 14.9 Å². The minimum Gasteiger partial charge on any atom is -0.508 e. The van der Waals surface area contributed by atoms with Crippen molar-refractivity contribution in [1.29, 1.82) is 0 Å². The lowest BCUT2D eigenvalue weighted by molar-refractivity contribution is -0.147. The minimum atomic E-state index is -4.68. The van der Waals surface area contributed by atoms with Crippen LogP contribution in [-0.2, 0) is 6.18 Å². The Morgan fingerprint density at radius 3 is 2.80 bits per heavy atom. The number of hydrogen-bond donors (Lipinski definition) is 2. The fourth-order valence-corrected chi connectivity index (χ4v) is 1.86. The molecule has 0 aliphatic heterocycles. The summed E-state index contributed by atoms with van der Waals surface area (Å²) in [5.41, 5.74) is 0.390. The Labute approximate surface area is 123 Å². The molecule has 0 fully saturated rings. The van der Waals surface area contributed by atoms with Crippen LogP contribution in [0.25, 0.3) is 0 Å². The molecule has 2 aromatic rings. The third kappa shape index (κ3) is 3.07. The summed E-state index contributed by atoms with van der Waals surface area (Å²) >= 11 is 7.87. The molecule has 0 atom stereocenters. The molecule has 2 N–H and O–H groups in total. The van der Waals surface area contributed by atoms with Gasteiger partial charge in [0, 0.05) is 10.0 Å². The average molecular weight is 367 g/mol. The number of benzene rings is 1. The van der Waals surface area contributed by atoms with E-state index in [2.05, 4.69) is 38.3 Å². The topological polar surface area (TPSA) is 66.2 Å². The van der Waals surface area contributed by atoms with E-state index in [9.17, 15) is 18.3 Å². The summed E-state index contributed by atoms with van der Waals surface area (Å²) in [7, 11) is 0. The first-order chi connectivity index (χ1) is 9.29. The van der Waals surface area contributed by atoms with Gasteiger partial charge < -0.3 is 5.11 Å². The van der Waals surface area contributed by atoms with E-state index in [1.54, 1.807) is 0 Å². The molecule has 5 nitrogen and oxygen atoms in total. The van der Waals surface area contributed by atoms with Crippen LogP contribution in [0.3, 0.4) is 0 Å². The molecule has 106 valence electrons. The molecule has 0 spiro atoms. The number of aromatic hydroxyl groups is 1. The van der Waals surface area contributed by atoms with Gasteiger partial charge in [0.15, 0.2) is 0 Å². The number of halogens is 4. The highest BCUT2D eigenvalue weighted by atomic mass is 79.9. The summed E-state index contributed by atoms with van der Waals surface area (Å²) in [4.78, 5) is 0. The number of alkyl halides is 3. The second-order valence-electron chi connectivity index (χ2n) is 3.61. The molecule has 1 aromatic heterocycles. The lowest BCUT2D eigenvalue weighted by Gasteiger charge is -2.04. The molecule has 0 amide bonds. The number of aromatic amines is 1. The first-order valence-electron chi connectivity index (χ1n) is 5.06. The monoisotopic (exact) mass is 366 g/mol. The molecule has 0 aliphatic carbocycles. The number of phenols is 1. The maximum Gasteiger partial charge on any atom is 0.453 e. The van der Waals surface area contributed by atoms with Crippen LogP contribution in [0.5, 0.6) is 5.75 Å². The van der Waals surface area contributed by atoms with Gasteiger partial charge in [-0.25, -0.2) is 5.10 Å². The largest absolute Gasteiger partial charge is 0.508 e. The van der Waals surface area contributed by atoms with Gasteiger partial charge >= 0.3 is 6.18 Å². The van der Waals surface area contributed by atoms with E-state index in [0.29, 0.717) is 14.7 Å². The van der Waals surface area contributed by atoms with Gasteiger partial charge in [0.25, 0.3) is 5.82 Å². The molecule has 1 heterocycles. The van der Waals surface area contributed by atoms with Crippen molar-refractivity contribution in [3.05, 3.63) is 38.8 Å². The van der Waals surface area contributed by atoms with Crippen molar-refractivity contribution in [3.8, 4) is 5.75 Å². The molecule has 2 rings (SSSR count). The fourth-order valence-electron chi connectivity index (χ4n) is 1.33. The third-order valence-electron chi connectivity index (χ3n) is 2.20. The molecular weight excluding hydrogens is 361 g/mol. The molecule has 0 unspecified atom stereocenters. The standard InChI is InChI=1S/C10H6BrF3N4OS/c11-7-2-1-6(19)3-5(7)4-15-18-8(10(12,13)14)16-17-9(18)20/h1-4,19H,(H,17,20)/b15-4-. The van der Waals surface area contributed by atoms with Crippen LogP contribution in [0.15, 0.2) is 27.8 Å². The number of H-pyrrole nitrogens is 1. The van der Waals surface area contributed by atoms with E-state index in [1.807, 2.05) is 5.10 Å². The van der Waals surface area contributed by atoms with Gasteiger partial charge in [-0.3, -0.25) is 0 Å². The van der Waals surface area contributed by atoms with E-state index in [4.69, 9.17) is 0 Å². The molecule has 0 aliphatic rings. The Balaban J connectivity index is 2.45. The molecule has 0 radical (unpaired) electrons. The second kappa shape index (κ2) is 5.37. The van der Waals surface area contributed by atoms with Crippen molar-refractivity contribution >= 4 is 34.4 Å². The number of nitrogens with zero attached hydrogens (tertiary/aromatic N) is 3. The van der Waals surface area contributed by atoms with Gasteiger partial charge in [0.05, 0.1) is 6.21 Å². The van der Waals surface area contributed by atoms with Crippen molar-refractivity contribution in [3.63, 3.8) is 0 Å². The zero-order chi connectivity index (χ0) is 14.9. The van der Waals surface area contributed by atoms with Crippen LogP contribution < -0.4 is 0 Å². The van der Waals surface area contributed by atoms with Crippen molar-refractivity contribution in [2.24, 2.45) is 5.10 Å². The van der Waals surface area contributed by atoms with Crippen molar-refractivity contribution in [2.45, 2.75) is 6.18 Å². The van der Waals surface area contributed by atoms with Crippen molar-refractivity contribution in [2.75, 3.05) is 0 Å². The molecule has 0 saturated carbocycles. The maximum atomic E-state index is 12.7. The molecule has 10 heteroatoms. The minimum absolute atomic E-state index is 0.0403. The normalized spacial score (nSPS) is 12.2. The molecule has 0 saturated heterocycles. The predicted molar refractivity (Wildman–Crippen MR) is 71.2 cm³/mol. The summed E-state index contributed by atoms with van der Waals surface area (Å²) in [6, 6.07) is 4.30. The van der Waals surface area contributed by atoms with Crippen LogP contribution in [-0.4, -0.2) is 26.2 Å². The fraction of sp³-hybridized carbons (Fsp3) is 0.100. The number of phenolic OH excluding ortho intramolecular Hbond substituents is 1. The highest BCUT2D eigenvalue weighted by Gasteiger charge is 2.37. The zero-order valence-electron chi connectivity index (χ0n) is 9.52. The van der Waals surface area contributed by atoms with Crippen LogP contribution in [0.1, 0.15) is 11.4 Å². The number of aromatic nitrogens is 3. The van der Waals surface area contributed by atoms with E-state index in [0.717, 1.165) is 6.21 Å². The first-order valence-corrected chi connectivity index (χ1v) is 6.26. The summed E-state index contributed by atoms with van der Waals surface area (Å²) in [6.07, 6.45) is -3.55. The highest BCUT2D eigenvalue weighted by molar-refractivity contribution is 9.10. The Kier molecular flexibility index (Phi) is 3.95. The molecular formula is C10H6BrF3N4OS. The summed E-state index contributed by atoms with van der Waals surface area (Å²) in [5.74, 6) is -1.29. The van der Waals surface area contributed by atoms with Gasteiger partial charge in [-0.15, -0.1) is 5.10 Å². The van der Waals surface area contributed by atoms with E-state index in [-0.39, 0.29) is 10.5 Å². The van der Waals surface area contributed by atoms with Gasteiger partial charge in [0.2, 0.25) is 4.77 Å². The smallest absolute Gasteiger partial charge is 0.453 e. The molecule has 20 heavy (non-hydrogen) atoms. The highest BCUT2D eigenvalue weighted by Crippen LogP contribution is 2.27. The van der Waals surface area contributed by atoms with Crippen LogP contribution >= 0.6 is 28.1 Å². The Hall–Kier alpha value is -1.68. The third-order valence-corrected chi connectivity index (χ3v) is 3.18. The maximum absolute atomic E-state index is 12.7. The number of hydrogen-bond acceptors (Lipinski definition) is 4. The van der Waals surface area contributed by atoms with Crippen LogP contribution in [0.2, 0.25) is 0 Å². The van der Waals surface area contributed by atoms with Gasteiger partial charge in [-0.1, -0.05) is 15.9 Å². The SMILES string of the molecule is Oc1ccc(Br)c(/C=N\n2c(C(F)(F)F)n[nH]c2=S)c1. The van der Waals surface area contributed by atoms with Crippen LogP contribution in [0, 0.1) is 4.77 Å². The second-order valence-corrected chi connectivity index (χ2v) is 4.85. The Bertz CT molecular complexity index is 722. The Morgan fingerprint density at radius 1 is 1.45 bits per heavy atom. The lowest BCUT2D eigenvalue weighted by Crippen LogP contribution is -2.12. The predicted octanol–water partition coefficient (Wildman–Crippen LogP) is 3.31.